The molecule has 0 radical (unpaired) electrons. The summed E-state index contributed by atoms with van der Waals surface area (Å²) in [4.78, 5) is 0. The molecule has 0 aliphatic carbocycles. The van der Waals surface area contributed by atoms with E-state index in [2.05, 4.69) is 0 Å². The van der Waals surface area contributed by atoms with Crippen LogP contribution >= 0.6 is 0 Å². The predicted molar refractivity (Wildman–Crippen MR) is 76.8 cm³/mol. The van der Waals surface area contributed by atoms with Crippen LogP contribution in [0.5, 0.6) is 0 Å². The molecule has 0 spiro atoms. The second-order valence-corrected chi connectivity index (χ2v) is 5.64. The van der Waals surface area contributed by atoms with Gasteiger partial charge in [-0.05, 0) is 46.1 Å². The van der Waals surface area contributed by atoms with Gasteiger partial charge in [0, 0.05) is 6.42 Å². The number of aliphatic hydroxyl groups is 4. The highest BCUT2D eigenvalue weighted by molar-refractivity contribution is 5.08. The molecule has 19 heavy (non-hydrogen) atoms. The Morgan fingerprint density at radius 3 is 2.21 bits per heavy atom. The Balaban J connectivity index is 4.26. The number of aliphatic hydroxyl groups excluding tert-OH is 3. The number of hydrogen-bond donors (Lipinski definition) is 4. The summed E-state index contributed by atoms with van der Waals surface area (Å²) in [5.41, 5.74) is 0.694. The van der Waals surface area contributed by atoms with Crippen LogP contribution in [0.2, 0.25) is 0 Å². The summed E-state index contributed by atoms with van der Waals surface area (Å²) >= 11 is 0. The zero-order valence-corrected chi connectivity index (χ0v) is 12.4. The maximum absolute atomic E-state index is 9.93. The van der Waals surface area contributed by atoms with Crippen LogP contribution in [0.15, 0.2) is 23.3 Å². The van der Waals surface area contributed by atoms with Crippen LogP contribution in [0.4, 0.5) is 0 Å². The van der Waals surface area contributed by atoms with E-state index in [0.717, 1.165) is 24.0 Å². The molecule has 0 saturated heterocycles. The Morgan fingerprint density at radius 2 is 1.74 bits per heavy atom. The number of allylic oxidation sites excluding steroid dienone is 2. The van der Waals surface area contributed by atoms with Crippen LogP contribution in [-0.4, -0.2) is 44.8 Å². The average Bonchev–Trinajstić information content (AvgIpc) is 2.27. The predicted octanol–water partition coefficient (Wildman–Crippen LogP) is 1.53. The highest BCUT2D eigenvalue weighted by Crippen LogP contribution is 2.18. The van der Waals surface area contributed by atoms with Crippen molar-refractivity contribution in [1.29, 1.82) is 0 Å². The quantitative estimate of drug-likeness (QED) is 0.505. The standard InChI is InChI=1S/C15H28O4/c1-11(8-9-16)6-5-7-12(2)13(17)10-14(18)15(3,4)19/h7-8,13-14,16-19H,5-6,9-10H2,1-4H3. The molecule has 0 aliphatic rings. The summed E-state index contributed by atoms with van der Waals surface area (Å²) in [6, 6.07) is 0. The molecule has 0 heterocycles. The number of rotatable bonds is 8. The molecule has 2 unspecified atom stereocenters. The van der Waals surface area contributed by atoms with Gasteiger partial charge >= 0.3 is 0 Å². The lowest BCUT2D eigenvalue weighted by atomic mass is 9.93. The summed E-state index contributed by atoms with van der Waals surface area (Å²) in [5, 5.41) is 38.0. The zero-order chi connectivity index (χ0) is 15.1. The molecule has 0 aromatic carbocycles. The molecule has 112 valence electrons. The van der Waals surface area contributed by atoms with Gasteiger partial charge in [0.2, 0.25) is 0 Å². The minimum Gasteiger partial charge on any atom is -0.392 e. The van der Waals surface area contributed by atoms with E-state index >= 15 is 0 Å². The maximum Gasteiger partial charge on any atom is 0.0850 e. The topological polar surface area (TPSA) is 80.9 Å². The Kier molecular flexibility index (Phi) is 8.18. The van der Waals surface area contributed by atoms with Gasteiger partial charge in [-0.25, -0.2) is 0 Å². The Morgan fingerprint density at radius 1 is 1.16 bits per heavy atom. The smallest absolute Gasteiger partial charge is 0.0850 e. The zero-order valence-electron chi connectivity index (χ0n) is 12.4. The van der Waals surface area contributed by atoms with Crippen molar-refractivity contribution in [2.45, 2.75) is 64.8 Å². The molecule has 0 rings (SSSR count). The third-order valence-electron chi connectivity index (χ3n) is 3.23. The third-order valence-corrected chi connectivity index (χ3v) is 3.23. The average molecular weight is 272 g/mol. The molecule has 0 amide bonds. The van der Waals surface area contributed by atoms with Crippen molar-refractivity contribution in [2.24, 2.45) is 0 Å². The normalized spacial score (nSPS) is 17.5. The van der Waals surface area contributed by atoms with E-state index in [1.165, 1.54) is 13.8 Å². The van der Waals surface area contributed by atoms with Crippen LogP contribution in [-0.2, 0) is 0 Å². The molecule has 4 N–H and O–H groups in total. The first kappa shape index (κ1) is 18.3. The first-order valence-corrected chi connectivity index (χ1v) is 6.70. The van der Waals surface area contributed by atoms with Crippen LogP contribution in [0.25, 0.3) is 0 Å². The van der Waals surface area contributed by atoms with Crippen molar-refractivity contribution in [2.75, 3.05) is 6.61 Å². The van der Waals surface area contributed by atoms with Crippen LogP contribution < -0.4 is 0 Å². The summed E-state index contributed by atoms with van der Waals surface area (Å²) in [5.74, 6) is 0. The first-order valence-electron chi connectivity index (χ1n) is 6.70. The van der Waals surface area contributed by atoms with Crippen molar-refractivity contribution < 1.29 is 20.4 Å². The molecule has 4 heteroatoms. The molecule has 0 fully saturated rings. The molecule has 0 aliphatic heterocycles. The lowest BCUT2D eigenvalue weighted by Crippen LogP contribution is -2.38. The SMILES string of the molecule is CC(=CCO)CCC=C(C)C(O)CC(O)C(C)(C)O. The fraction of sp³-hybridized carbons (Fsp3) is 0.733. The summed E-state index contributed by atoms with van der Waals surface area (Å²) in [7, 11) is 0. The van der Waals surface area contributed by atoms with E-state index in [1.807, 2.05) is 19.9 Å². The monoisotopic (exact) mass is 272 g/mol. The van der Waals surface area contributed by atoms with Gasteiger partial charge in [-0.15, -0.1) is 0 Å². The van der Waals surface area contributed by atoms with E-state index in [0.29, 0.717) is 0 Å². The molecule has 4 nitrogen and oxygen atoms in total. The van der Waals surface area contributed by atoms with Crippen LogP contribution in [0.3, 0.4) is 0 Å². The molecule has 0 aromatic rings. The van der Waals surface area contributed by atoms with Crippen molar-refractivity contribution in [3.05, 3.63) is 23.3 Å². The first-order chi connectivity index (χ1) is 8.68. The van der Waals surface area contributed by atoms with E-state index < -0.39 is 17.8 Å². The molecule has 0 bridgehead atoms. The molecular weight excluding hydrogens is 244 g/mol. The van der Waals surface area contributed by atoms with E-state index in [9.17, 15) is 15.3 Å². The van der Waals surface area contributed by atoms with Crippen LogP contribution in [0.1, 0.15) is 47.0 Å². The highest BCUT2D eigenvalue weighted by atomic mass is 16.3. The molecule has 2 atom stereocenters. The summed E-state index contributed by atoms with van der Waals surface area (Å²) in [6.45, 7) is 6.86. The van der Waals surface area contributed by atoms with Gasteiger partial charge in [-0.3, -0.25) is 0 Å². The lowest BCUT2D eigenvalue weighted by molar-refractivity contribution is -0.0640. The van der Waals surface area contributed by atoms with Gasteiger partial charge in [0.25, 0.3) is 0 Å². The Labute approximate surface area is 116 Å². The summed E-state index contributed by atoms with van der Waals surface area (Å²) in [6.07, 6.45) is 3.72. The van der Waals surface area contributed by atoms with Crippen molar-refractivity contribution in [3.63, 3.8) is 0 Å². The fourth-order valence-corrected chi connectivity index (χ4v) is 1.61. The highest BCUT2D eigenvalue weighted by Gasteiger charge is 2.27. The van der Waals surface area contributed by atoms with E-state index in [-0.39, 0.29) is 13.0 Å². The second kappa shape index (κ2) is 8.48. The molecule has 0 saturated carbocycles. The minimum absolute atomic E-state index is 0.0505. The second-order valence-electron chi connectivity index (χ2n) is 5.64. The van der Waals surface area contributed by atoms with E-state index in [1.54, 1.807) is 6.08 Å². The lowest BCUT2D eigenvalue weighted by Gasteiger charge is -2.26. The fourth-order valence-electron chi connectivity index (χ4n) is 1.61. The van der Waals surface area contributed by atoms with Gasteiger partial charge in [0.05, 0.1) is 24.4 Å². The van der Waals surface area contributed by atoms with Crippen molar-refractivity contribution in [3.8, 4) is 0 Å². The minimum atomic E-state index is -1.21. The van der Waals surface area contributed by atoms with Gasteiger partial charge < -0.3 is 20.4 Å². The van der Waals surface area contributed by atoms with Crippen molar-refractivity contribution in [1.82, 2.24) is 0 Å². The largest absolute Gasteiger partial charge is 0.392 e. The Hall–Kier alpha value is -0.680. The number of hydrogen-bond acceptors (Lipinski definition) is 4. The van der Waals surface area contributed by atoms with Gasteiger partial charge in [-0.2, -0.15) is 0 Å². The van der Waals surface area contributed by atoms with Crippen LogP contribution in [0, 0.1) is 0 Å². The Bertz CT molecular complexity index is 313. The molecular formula is C15H28O4. The van der Waals surface area contributed by atoms with Gasteiger partial charge in [-0.1, -0.05) is 17.7 Å². The van der Waals surface area contributed by atoms with Crippen molar-refractivity contribution >= 4 is 0 Å². The maximum atomic E-state index is 9.93. The summed E-state index contributed by atoms with van der Waals surface area (Å²) < 4.78 is 0. The van der Waals surface area contributed by atoms with Gasteiger partial charge in [0.15, 0.2) is 0 Å². The molecule has 0 aromatic heterocycles. The van der Waals surface area contributed by atoms with E-state index in [4.69, 9.17) is 5.11 Å². The third kappa shape index (κ3) is 8.16. The van der Waals surface area contributed by atoms with Gasteiger partial charge in [0.1, 0.15) is 0 Å².